The van der Waals surface area contributed by atoms with Gasteiger partial charge < -0.3 is 11.1 Å². The quantitative estimate of drug-likeness (QED) is 0.809. The average Bonchev–Trinajstić information content (AvgIpc) is 2.63. The molecule has 0 saturated heterocycles. The van der Waals surface area contributed by atoms with Gasteiger partial charge in [0.15, 0.2) is 0 Å². The molecule has 0 aliphatic carbocycles. The van der Waals surface area contributed by atoms with Crippen molar-refractivity contribution in [3.63, 3.8) is 0 Å². The smallest absolute Gasteiger partial charge is 0.236 e. The number of rotatable bonds is 6. The van der Waals surface area contributed by atoms with Crippen LogP contribution in [-0.4, -0.2) is 23.5 Å². The van der Waals surface area contributed by atoms with Gasteiger partial charge in [0.25, 0.3) is 0 Å². The maximum atomic E-state index is 11.6. The molecule has 0 aromatic carbocycles. The van der Waals surface area contributed by atoms with E-state index in [0.29, 0.717) is 12.5 Å². The molecular formula is C12H21N3OS. The Morgan fingerprint density at radius 3 is 2.82 bits per heavy atom. The first-order valence-electron chi connectivity index (χ1n) is 5.93. The van der Waals surface area contributed by atoms with Gasteiger partial charge in [-0.2, -0.15) is 0 Å². The molecule has 1 atom stereocenters. The lowest BCUT2D eigenvalue weighted by molar-refractivity contribution is -0.122. The third kappa shape index (κ3) is 5.28. The lowest BCUT2D eigenvalue weighted by Crippen LogP contribution is -2.42. The van der Waals surface area contributed by atoms with Crippen LogP contribution in [0.3, 0.4) is 0 Å². The van der Waals surface area contributed by atoms with Crippen LogP contribution in [0, 0.1) is 12.8 Å². The fourth-order valence-electron chi connectivity index (χ4n) is 1.58. The summed E-state index contributed by atoms with van der Waals surface area (Å²) in [6.07, 6.45) is 1.49. The van der Waals surface area contributed by atoms with Crippen LogP contribution in [0.5, 0.6) is 0 Å². The largest absolute Gasteiger partial charge is 0.354 e. The Kier molecular flexibility index (Phi) is 5.58. The van der Waals surface area contributed by atoms with E-state index < -0.39 is 6.04 Å². The maximum Gasteiger partial charge on any atom is 0.236 e. The molecule has 4 nitrogen and oxygen atoms in total. The van der Waals surface area contributed by atoms with E-state index in [-0.39, 0.29) is 5.91 Å². The molecule has 96 valence electrons. The van der Waals surface area contributed by atoms with E-state index in [0.717, 1.165) is 23.5 Å². The Labute approximate surface area is 107 Å². The number of aryl methyl sites for hydroxylation is 1. The van der Waals surface area contributed by atoms with Crippen molar-refractivity contribution in [3.05, 3.63) is 16.1 Å². The molecule has 1 rings (SSSR count). The number of hydrogen-bond donors (Lipinski definition) is 2. The monoisotopic (exact) mass is 255 g/mol. The van der Waals surface area contributed by atoms with Crippen molar-refractivity contribution in [2.75, 3.05) is 6.54 Å². The van der Waals surface area contributed by atoms with Crippen molar-refractivity contribution in [1.82, 2.24) is 10.3 Å². The molecule has 3 N–H and O–H groups in total. The van der Waals surface area contributed by atoms with E-state index in [1.165, 1.54) is 0 Å². The van der Waals surface area contributed by atoms with Crippen LogP contribution in [0.2, 0.25) is 0 Å². The highest BCUT2D eigenvalue weighted by Gasteiger charge is 2.14. The standard InChI is InChI=1S/C12H21N3OS/c1-8(2)6-11(13)12(16)14-5-4-10-7-17-9(3)15-10/h7-8,11H,4-6,13H2,1-3H3,(H,14,16)/t11-/m1/s1. The van der Waals surface area contributed by atoms with Crippen LogP contribution in [0.1, 0.15) is 31.0 Å². The average molecular weight is 255 g/mol. The number of nitrogens with zero attached hydrogens (tertiary/aromatic N) is 1. The molecule has 0 unspecified atom stereocenters. The highest BCUT2D eigenvalue weighted by molar-refractivity contribution is 7.09. The van der Waals surface area contributed by atoms with E-state index in [9.17, 15) is 4.79 Å². The van der Waals surface area contributed by atoms with Crippen molar-refractivity contribution in [3.8, 4) is 0 Å². The number of carbonyl (C=O) groups excluding carboxylic acids is 1. The first kappa shape index (κ1) is 14.1. The molecule has 0 bridgehead atoms. The van der Waals surface area contributed by atoms with Gasteiger partial charge in [-0.05, 0) is 19.3 Å². The molecule has 0 radical (unpaired) electrons. The van der Waals surface area contributed by atoms with Gasteiger partial charge in [-0.15, -0.1) is 11.3 Å². The second-order valence-electron chi connectivity index (χ2n) is 4.63. The van der Waals surface area contributed by atoms with Gasteiger partial charge in [0.2, 0.25) is 5.91 Å². The molecule has 5 heteroatoms. The minimum absolute atomic E-state index is 0.0642. The highest BCUT2D eigenvalue weighted by atomic mass is 32.1. The van der Waals surface area contributed by atoms with E-state index in [1.807, 2.05) is 12.3 Å². The number of nitrogens with two attached hydrogens (primary N) is 1. The molecule has 1 aromatic rings. The zero-order chi connectivity index (χ0) is 12.8. The van der Waals surface area contributed by atoms with E-state index >= 15 is 0 Å². The maximum absolute atomic E-state index is 11.6. The van der Waals surface area contributed by atoms with Crippen LogP contribution in [0.15, 0.2) is 5.38 Å². The van der Waals surface area contributed by atoms with Gasteiger partial charge in [0, 0.05) is 18.3 Å². The zero-order valence-electron chi connectivity index (χ0n) is 10.7. The van der Waals surface area contributed by atoms with Gasteiger partial charge in [0.05, 0.1) is 16.7 Å². The fourth-order valence-corrected chi connectivity index (χ4v) is 2.23. The Balaban J connectivity index is 2.24. The third-order valence-electron chi connectivity index (χ3n) is 2.41. The van der Waals surface area contributed by atoms with Crippen LogP contribution in [0.25, 0.3) is 0 Å². The summed E-state index contributed by atoms with van der Waals surface area (Å²) in [4.78, 5) is 16.0. The minimum Gasteiger partial charge on any atom is -0.354 e. The summed E-state index contributed by atoms with van der Waals surface area (Å²) in [6, 6.07) is -0.396. The Bertz CT molecular complexity index is 362. The summed E-state index contributed by atoms with van der Waals surface area (Å²) < 4.78 is 0. The number of nitrogens with one attached hydrogen (secondary N) is 1. The summed E-state index contributed by atoms with van der Waals surface area (Å²) >= 11 is 1.63. The van der Waals surface area contributed by atoms with E-state index in [2.05, 4.69) is 24.1 Å². The van der Waals surface area contributed by atoms with Gasteiger partial charge >= 0.3 is 0 Å². The zero-order valence-corrected chi connectivity index (χ0v) is 11.5. The summed E-state index contributed by atoms with van der Waals surface area (Å²) in [7, 11) is 0. The Morgan fingerprint density at radius 2 is 2.29 bits per heavy atom. The molecule has 17 heavy (non-hydrogen) atoms. The summed E-state index contributed by atoms with van der Waals surface area (Å²) in [5, 5.41) is 5.93. The second-order valence-corrected chi connectivity index (χ2v) is 5.70. The molecule has 0 aliphatic heterocycles. The number of carbonyl (C=O) groups is 1. The van der Waals surface area contributed by atoms with E-state index in [1.54, 1.807) is 11.3 Å². The number of amides is 1. The minimum atomic E-state index is -0.396. The first-order valence-corrected chi connectivity index (χ1v) is 6.81. The normalized spacial score (nSPS) is 12.8. The van der Waals surface area contributed by atoms with Gasteiger partial charge in [-0.3, -0.25) is 4.79 Å². The van der Waals surface area contributed by atoms with Gasteiger partial charge in [-0.25, -0.2) is 4.98 Å². The van der Waals surface area contributed by atoms with Crippen LogP contribution in [0.4, 0.5) is 0 Å². The summed E-state index contributed by atoms with van der Waals surface area (Å²) in [5.74, 6) is 0.377. The Morgan fingerprint density at radius 1 is 1.59 bits per heavy atom. The lowest BCUT2D eigenvalue weighted by Gasteiger charge is -2.13. The van der Waals surface area contributed by atoms with Crippen LogP contribution >= 0.6 is 11.3 Å². The molecule has 1 amide bonds. The summed E-state index contributed by atoms with van der Waals surface area (Å²) in [5.41, 5.74) is 6.81. The van der Waals surface area contributed by atoms with Crippen molar-refractivity contribution >= 4 is 17.2 Å². The van der Waals surface area contributed by atoms with Gasteiger partial charge in [0.1, 0.15) is 0 Å². The predicted octanol–water partition coefficient (Wildman–Crippen LogP) is 1.48. The van der Waals surface area contributed by atoms with Gasteiger partial charge in [-0.1, -0.05) is 13.8 Å². The molecule has 0 fully saturated rings. The molecular weight excluding hydrogens is 234 g/mol. The molecule has 0 spiro atoms. The molecule has 1 aromatic heterocycles. The summed E-state index contributed by atoms with van der Waals surface area (Å²) in [6.45, 7) is 6.70. The van der Waals surface area contributed by atoms with Crippen molar-refractivity contribution < 1.29 is 4.79 Å². The first-order chi connectivity index (χ1) is 7.99. The topological polar surface area (TPSA) is 68.0 Å². The van der Waals surface area contributed by atoms with Crippen molar-refractivity contribution in [1.29, 1.82) is 0 Å². The number of hydrogen-bond acceptors (Lipinski definition) is 4. The van der Waals surface area contributed by atoms with Crippen LogP contribution in [-0.2, 0) is 11.2 Å². The Hall–Kier alpha value is -0.940. The number of thiazole rings is 1. The van der Waals surface area contributed by atoms with Crippen molar-refractivity contribution in [2.24, 2.45) is 11.7 Å². The second kappa shape index (κ2) is 6.71. The van der Waals surface area contributed by atoms with Crippen molar-refractivity contribution in [2.45, 2.75) is 39.7 Å². The predicted molar refractivity (Wildman–Crippen MR) is 71.0 cm³/mol. The molecule has 1 heterocycles. The van der Waals surface area contributed by atoms with E-state index in [4.69, 9.17) is 5.73 Å². The third-order valence-corrected chi connectivity index (χ3v) is 3.23. The highest BCUT2D eigenvalue weighted by Crippen LogP contribution is 2.08. The fraction of sp³-hybridized carbons (Fsp3) is 0.667. The lowest BCUT2D eigenvalue weighted by atomic mass is 10.0. The molecule has 0 aliphatic rings. The van der Waals surface area contributed by atoms with Crippen LogP contribution < -0.4 is 11.1 Å². The molecule has 0 saturated carbocycles. The SMILES string of the molecule is Cc1nc(CCNC(=O)[C@H](N)CC(C)C)cs1. The number of aromatic nitrogens is 1.